The van der Waals surface area contributed by atoms with E-state index in [9.17, 15) is 0 Å². The van der Waals surface area contributed by atoms with Gasteiger partial charge in [-0.05, 0) is 17.5 Å². The molecule has 3 aromatic heterocycles. The second-order valence-corrected chi connectivity index (χ2v) is 5.80. The Balaban J connectivity index is 2.07. The number of rotatable bonds is 2. The van der Waals surface area contributed by atoms with Crippen LogP contribution in [-0.4, -0.2) is 15.0 Å². The van der Waals surface area contributed by atoms with Gasteiger partial charge in [0.25, 0.3) is 0 Å². The number of hydrogen-bond acceptors (Lipinski definition) is 5. The molecule has 4 rings (SSSR count). The van der Waals surface area contributed by atoms with Gasteiger partial charge in [-0.3, -0.25) is 0 Å². The SMILES string of the molecule is Nc1ncnc2nc(-c3ccccc3)cc(-c3cccs3)c12. The van der Waals surface area contributed by atoms with Crippen molar-refractivity contribution in [3.8, 4) is 21.7 Å². The van der Waals surface area contributed by atoms with E-state index in [0.29, 0.717) is 11.5 Å². The Hall–Kier alpha value is -2.79. The van der Waals surface area contributed by atoms with Crippen LogP contribution in [0.2, 0.25) is 0 Å². The third-order valence-electron chi connectivity index (χ3n) is 3.49. The lowest BCUT2D eigenvalue weighted by Gasteiger charge is -2.09. The summed E-state index contributed by atoms with van der Waals surface area (Å²) in [6, 6.07) is 16.2. The number of aromatic nitrogens is 3. The molecule has 5 heteroatoms. The maximum Gasteiger partial charge on any atom is 0.165 e. The van der Waals surface area contributed by atoms with Crippen LogP contribution in [0.4, 0.5) is 5.82 Å². The Morgan fingerprint density at radius 2 is 1.82 bits per heavy atom. The maximum absolute atomic E-state index is 6.07. The van der Waals surface area contributed by atoms with Crippen molar-refractivity contribution >= 4 is 28.2 Å². The monoisotopic (exact) mass is 304 g/mol. The number of nitrogen functional groups attached to an aromatic ring is 1. The standard InChI is InChI=1S/C17H12N4S/c18-16-15-12(14-7-4-8-22-14)9-13(11-5-2-1-3-6-11)21-17(15)20-10-19-16/h1-10H,(H2,18,19,20,21). The van der Waals surface area contributed by atoms with Gasteiger partial charge in [-0.2, -0.15) is 0 Å². The molecule has 0 bridgehead atoms. The first-order valence-corrected chi connectivity index (χ1v) is 7.71. The maximum atomic E-state index is 6.07. The molecule has 0 spiro atoms. The van der Waals surface area contributed by atoms with Crippen molar-refractivity contribution in [3.05, 3.63) is 60.2 Å². The fraction of sp³-hybridized carbons (Fsp3) is 0. The molecule has 0 aliphatic carbocycles. The van der Waals surface area contributed by atoms with E-state index in [4.69, 9.17) is 5.73 Å². The molecule has 0 aliphatic rings. The first-order valence-electron chi connectivity index (χ1n) is 6.83. The lowest BCUT2D eigenvalue weighted by Crippen LogP contribution is -1.98. The highest BCUT2D eigenvalue weighted by atomic mass is 32.1. The first-order chi connectivity index (χ1) is 10.8. The summed E-state index contributed by atoms with van der Waals surface area (Å²) in [6.07, 6.45) is 1.46. The number of nitrogens with zero attached hydrogens (tertiary/aromatic N) is 3. The fourth-order valence-corrected chi connectivity index (χ4v) is 3.22. The number of anilines is 1. The molecule has 4 aromatic rings. The number of pyridine rings is 1. The molecule has 106 valence electrons. The number of hydrogen-bond donors (Lipinski definition) is 1. The highest BCUT2D eigenvalue weighted by Gasteiger charge is 2.13. The average Bonchev–Trinajstić information content (AvgIpc) is 3.09. The number of benzene rings is 1. The summed E-state index contributed by atoms with van der Waals surface area (Å²) in [5.41, 5.74) is 9.65. The summed E-state index contributed by atoms with van der Waals surface area (Å²) in [4.78, 5) is 14.2. The quantitative estimate of drug-likeness (QED) is 0.608. The number of fused-ring (bicyclic) bond motifs is 1. The molecule has 1 aromatic carbocycles. The van der Waals surface area contributed by atoms with Gasteiger partial charge in [-0.1, -0.05) is 36.4 Å². The van der Waals surface area contributed by atoms with Crippen molar-refractivity contribution in [2.75, 3.05) is 5.73 Å². The minimum atomic E-state index is 0.459. The predicted molar refractivity (Wildman–Crippen MR) is 90.5 cm³/mol. The second kappa shape index (κ2) is 5.20. The number of thiophene rings is 1. The summed E-state index contributed by atoms with van der Waals surface area (Å²) in [5, 5.41) is 2.86. The molecule has 2 N–H and O–H groups in total. The van der Waals surface area contributed by atoms with Crippen molar-refractivity contribution in [3.63, 3.8) is 0 Å². The fourth-order valence-electron chi connectivity index (χ4n) is 2.47. The third-order valence-corrected chi connectivity index (χ3v) is 4.39. The van der Waals surface area contributed by atoms with E-state index in [0.717, 1.165) is 27.1 Å². The van der Waals surface area contributed by atoms with Crippen LogP contribution >= 0.6 is 11.3 Å². The molecule has 0 amide bonds. The molecule has 0 saturated carbocycles. The smallest absolute Gasteiger partial charge is 0.165 e. The minimum Gasteiger partial charge on any atom is -0.383 e. The van der Waals surface area contributed by atoms with Gasteiger partial charge in [0.2, 0.25) is 0 Å². The van der Waals surface area contributed by atoms with Crippen LogP contribution in [0.3, 0.4) is 0 Å². The molecule has 0 radical (unpaired) electrons. The van der Waals surface area contributed by atoms with Crippen LogP contribution in [0.5, 0.6) is 0 Å². The van der Waals surface area contributed by atoms with Crippen molar-refractivity contribution < 1.29 is 0 Å². The molecule has 0 unspecified atom stereocenters. The van der Waals surface area contributed by atoms with Gasteiger partial charge >= 0.3 is 0 Å². The zero-order chi connectivity index (χ0) is 14.9. The largest absolute Gasteiger partial charge is 0.383 e. The van der Waals surface area contributed by atoms with Crippen LogP contribution in [0.25, 0.3) is 32.7 Å². The summed E-state index contributed by atoms with van der Waals surface area (Å²) in [6.45, 7) is 0. The van der Waals surface area contributed by atoms with Gasteiger partial charge in [0, 0.05) is 16.0 Å². The molecule has 0 aliphatic heterocycles. The molecule has 0 fully saturated rings. The van der Waals surface area contributed by atoms with Gasteiger partial charge in [0.1, 0.15) is 12.1 Å². The van der Waals surface area contributed by atoms with E-state index >= 15 is 0 Å². The summed E-state index contributed by atoms with van der Waals surface area (Å²) in [5.74, 6) is 0.459. The van der Waals surface area contributed by atoms with Crippen LogP contribution < -0.4 is 5.73 Å². The number of nitrogens with two attached hydrogens (primary N) is 1. The Morgan fingerprint density at radius 3 is 2.59 bits per heavy atom. The summed E-state index contributed by atoms with van der Waals surface area (Å²) >= 11 is 1.66. The molecule has 3 heterocycles. The molecular formula is C17H12N4S. The molecule has 22 heavy (non-hydrogen) atoms. The highest BCUT2D eigenvalue weighted by molar-refractivity contribution is 7.13. The Labute approximate surface area is 131 Å². The highest BCUT2D eigenvalue weighted by Crippen LogP contribution is 2.35. The zero-order valence-corrected chi connectivity index (χ0v) is 12.4. The van der Waals surface area contributed by atoms with Crippen LogP contribution in [0.15, 0.2) is 60.2 Å². The van der Waals surface area contributed by atoms with Crippen LogP contribution in [-0.2, 0) is 0 Å². The Morgan fingerprint density at radius 1 is 0.955 bits per heavy atom. The van der Waals surface area contributed by atoms with Gasteiger partial charge < -0.3 is 5.73 Å². The van der Waals surface area contributed by atoms with E-state index in [1.807, 2.05) is 41.8 Å². The van der Waals surface area contributed by atoms with E-state index in [-0.39, 0.29) is 0 Å². The Kier molecular flexibility index (Phi) is 3.05. The minimum absolute atomic E-state index is 0.459. The third kappa shape index (κ3) is 2.12. The van der Waals surface area contributed by atoms with Crippen LogP contribution in [0, 0.1) is 0 Å². The van der Waals surface area contributed by atoms with Gasteiger partial charge in [0.15, 0.2) is 5.65 Å². The zero-order valence-electron chi connectivity index (χ0n) is 11.6. The van der Waals surface area contributed by atoms with E-state index < -0.39 is 0 Å². The van der Waals surface area contributed by atoms with E-state index in [2.05, 4.69) is 27.1 Å². The molecule has 0 atom stereocenters. The normalized spacial score (nSPS) is 10.9. The van der Waals surface area contributed by atoms with Gasteiger partial charge in [-0.25, -0.2) is 15.0 Å². The van der Waals surface area contributed by atoms with Crippen molar-refractivity contribution in [1.82, 2.24) is 15.0 Å². The molecule has 4 nitrogen and oxygen atoms in total. The van der Waals surface area contributed by atoms with Crippen molar-refractivity contribution in [2.24, 2.45) is 0 Å². The van der Waals surface area contributed by atoms with Crippen molar-refractivity contribution in [2.45, 2.75) is 0 Å². The average molecular weight is 304 g/mol. The Bertz CT molecular complexity index is 934. The van der Waals surface area contributed by atoms with Crippen molar-refractivity contribution in [1.29, 1.82) is 0 Å². The lowest BCUT2D eigenvalue weighted by molar-refractivity contribution is 1.19. The second-order valence-electron chi connectivity index (χ2n) is 4.86. The van der Waals surface area contributed by atoms with Crippen LogP contribution in [0.1, 0.15) is 0 Å². The topological polar surface area (TPSA) is 64.7 Å². The van der Waals surface area contributed by atoms with Gasteiger partial charge in [-0.15, -0.1) is 11.3 Å². The summed E-state index contributed by atoms with van der Waals surface area (Å²) in [7, 11) is 0. The van der Waals surface area contributed by atoms with E-state index in [1.54, 1.807) is 11.3 Å². The lowest BCUT2D eigenvalue weighted by atomic mass is 10.1. The molecule has 0 saturated heterocycles. The van der Waals surface area contributed by atoms with E-state index in [1.165, 1.54) is 6.33 Å². The summed E-state index contributed by atoms with van der Waals surface area (Å²) < 4.78 is 0. The first kappa shape index (κ1) is 12.9. The van der Waals surface area contributed by atoms with Gasteiger partial charge in [0.05, 0.1) is 11.1 Å². The predicted octanol–water partition coefficient (Wildman–Crippen LogP) is 4.00. The molecular weight excluding hydrogens is 292 g/mol.